The highest BCUT2D eigenvalue weighted by Crippen LogP contribution is 2.21. The number of pyridine rings is 1. The molecule has 2 N–H and O–H groups in total. The van der Waals surface area contributed by atoms with E-state index in [-0.39, 0.29) is 0 Å². The van der Waals surface area contributed by atoms with Gasteiger partial charge in [-0.3, -0.25) is 0 Å². The number of nitrogens with two attached hydrogens (primary N) is 1. The first-order chi connectivity index (χ1) is 7.81. The molecule has 1 saturated heterocycles. The van der Waals surface area contributed by atoms with E-state index < -0.39 is 0 Å². The molecule has 0 bridgehead atoms. The van der Waals surface area contributed by atoms with E-state index in [1.165, 1.54) is 0 Å². The van der Waals surface area contributed by atoms with Crippen LogP contribution in [0.1, 0.15) is 19.8 Å². The fraction of sp³-hybridized carbons (Fsp3) is 0.583. The van der Waals surface area contributed by atoms with Gasteiger partial charge in [0, 0.05) is 25.8 Å². The number of ether oxygens (including phenoxy) is 1. The van der Waals surface area contributed by atoms with Crippen LogP contribution in [-0.2, 0) is 4.74 Å². The largest absolute Gasteiger partial charge is 0.397 e. The predicted octanol–water partition coefficient (Wildman–Crippen LogP) is 1.67. The molecule has 2 heterocycles. The number of nitrogens with zero attached hydrogens (tertiary/aromatic N) is 2. The molecule has 0 aliphatic carbocycles. The van der Waals surface area contributed by atoms with Gasteiger partial charge in [0.1, 0.15) is 5.82 Å². The summed E-state index contributed by atoms with van der Waals surface area (Å²) in [5, 5.41) is 0. The van der Waals surface area contributed by atoms with Crippen LogP contribution >= 0.6 is 0 Å². The van der Waals surface area contributed by atoms with E-state index in [0.717, 1.165) is 38.4 Å². The first-order valence-corrected chi connectivity index (χ1v) is 5.87. The normalized spacial score (nSPS) is 17.3. The highest BCUT2D eigenvalue weighted by molar-refractivity contribution is 5.46. The number of aromatic nitrogens is 1. The van der Waals surface area contributed by atoms with E-state index in [1.54, 1.807) is 6.20 Å². The zero-order valence-corrected chi connectivity index (χ0v) is 9.72. The SMILES string of the molecule is CCN(c1ccc(N)cn1)C1CCOCC1. The second-order valence-electron chi connectivity index (χ2n) is 4.08. The van der Waals surface area contributed by atoms with Gasteiger partial charge in [0.2, 0.25) is 0 Å². The summed E-state index contributed by atoms with van der Waals surface area (Å²) in [6.07, 6.45) is 3.89. The Morgan fingerprint density at radius 3 is 2.75 bits per heavy atom. The van der Waals surface area contributed by atoms with Crippen LogP contribution in [0.15, 0.2) is 18.3 Å². The average molecular weight is 221 g/mol. The zero-order chi connectivity index (χ0) is 11.4. The smallest absolute Gasteiger partial charge is 0.128 e. The monoisotopic (exact) mass is 221 g/mol. The molecule has 1 aromatic heterocycles. The lowest BCUT2D eigenvalue weighted by molar-refractivity contribution is 0.0845. The fourth-order valence-corrected chi connectivity index (χ4v) is 2.17. The molecule has 1 aliphatic heterocycles. The fourth-order valence-electron chi connectivity index (χ4n) is 2.17. The van der Waals surface area contributed by atoms with Gasteiger partial charge in [-0.2, -0.15) is 0 Å². The van der Waals surface area contributed by atoms with Crippen LogP contribution in [0.4, 0.5) is 11.5 Å². The summed E-state index contributed by atoms with van der Waals surface area (Å²) in [5.41, 5.74) is 6.36. The van der Waals surface area contributed by atoms with Crippen LogP contribution in [0.25, 0.3) is 0 Å². The lowest BCUT2D eigenvalue weighted by Gasteiger charge is -2.34. The average Bonchev–Trinajstić information content (AvgIpc) is 2.34. The Kier molecular flexibility index (Phi) is 3.62. The predicted molar refractivity (Wildman–Crippen MR) is 65.5 cm³/mol. The Labute approximate surface area is 96.4 Å². The zero-order valence-electron chi connectivity index (χ0n) is 9.72. The molecule has 16 heavy (non-hydrogen) atoms. The molecule has 2 rings (SSSR count). The lowest BCUT2D eigenvalue weighted by Crippen LogP contribution is -2.39. The van der Waals surface area contributed by atoms with Crippen LogP contribution in [0.2, 0.25) is 0 Å². The van der Waals surface area contributed by atoms with Crippen LogP contribution in [0, 0.1) is 0 Å². The third-order valence-electron chi connectivity index (χ3n) is 3.04. The molecule has 1 fully saturated rings. The molecule has 88 valence electrons. The van der Waals surface area contributed by atoms with Gasteiger partial charge in [-0.1, -0.05) is 0 Å². The van der Waals surface area contributed by atoms with Crippen molar-refractivity contribution in [1.29, 1.82) is 0 Å². The van der Waals surface area contributed by atoms with Crippen molar-refractivity contribution in [1.82, 2.24) is 4.98 Å². The van der Waals surface area contributed by atoms with Gasteiger partial charge in [0.05, 0.1) is 11.9 Å². The van der Waals surface area contributed by atoms with Crippen LogP contribution in [-0.4, -0.2) is 30.8 Å². The van der Waals surface area contributed by atoms with Gasteiger partial charge in [-0.05, 0) is 31.9 Å². The van der Waals surface area contributed by atoms with Crippen molar-refractivity contribution in [3.05, 3.63) is 18.3 Å². The van der Waals surface area contributed by atoms with Crippen LogP contribution in [0.5, 0.6) is 0 Å². The quantitative estimate of drug-likeness (QED) is 0.843. The third kappa shape index (κ3) is 2.44. The molecule has 0 radical (unpaired) electrons. The van der Waals surface area contributed by atoms with Crippen molar-refractivity contribution in [2.45, 2.75) is 25.8 Å². The molecule has 0 saturated carbocycles. The van der Waals surface area contributed by atoms with E-state index in [1.807, 2.05) is 12.1 Å². The maximum absolute atomic E-state index is 5.65. The van der Waals surface area contributed by atoms with Gasteiger partial charge in [-0.25, -0.2) is 4.98 Å². The number of hydrogen-bond donors (Lipinski definition) is 1. The maximum atomic E-state index is 5.65. The Morgan fingerprint density at radius 2 is 2.19 bits per heavy atom. The molecule has 0 aromatic carbocycles. The van der Waals surface area contributed by atoms with E-state index >= 15 is 0 Å². The Morgan fingerprint density at radius 1 is 1.44 bits per heavy atom. The highest BCUT2D eigenvalue weighted by atomic mass is 16.5. The van der Waals surface area contributed by atoms with Gasteiger partial charge in [0.15, 0.2) is 0 Å². The topological polar surface area (TPSA) is 51.4 Å². The minimum atomic E-state index is 0.551. The molecule has 0 spiro atoms. The summed E-state index contributed by atoms with van der Waals surface area (Å²) in [5.74, 6) is 1.02. The summed E-state index contributed by atoms with van der Waals surface area (Å²) in [6.45, 7) is 4.85. The maximum Gasteiger partial charge on any atom is 0.128 e. The molecule has 1 aliphatic rings. The molecule has 1 aromatic rings. The molecule has 0 atom stereocenters. The summed E-state index contributed by atoms with van der Waals surface area (Å²) < 4.78 is 5.38. The molecule has 4 heteroatoms. The van der Waals surface area contributed by atoms with Gasteiger partial charge < -0.3 is 15.4 Å². The summed E-state index contributed by atoms with van der Waals surface area (Å²) >= 11 is 0. The summed E-state index contributed by atoms with van der Waals surface area (Å²) in [4.78, 5) is 6.72. The molecular formula is C12H19N3O. The Balaban J connectivity index is 2.11. The van der Waals surface area contributed by atoms with Gasteiger partial charge in [0.25, 0.3) is 0 Å². The first-order valence-electron chi connectivity index (χ1n) is 5.87. The Hall–Kier alpha value is -1.29. The number of nitrogen functional groups attached to an aromatic ring is 1. The lowest BCUT2D eigenvalue weighted by atomic mass is 10.1. The third-order valence-corrected chi connectivity index (χ3v) is 3.04. The molecular weight excluding hydrogens is 202 g/mol. The number of anilines is 2. The van der Waals surface area contributed by atoms with Crippen LogP contribution < -0.4 is 10.6 Å². The standard InChI is InChI=1S/C12H19N3O/c1-2-15(11-5-7-16-8-6-11)12-4-3-10(13)9-14-12/h3-4,9,11H,2,5-8,13H2,1H3. The van der Waals surface area contributed by atoms with Gasteiger partial charge >= 0.3 is 0 Å². The van der Waals surface area contributed by atoms with Crippen molar-refractivity contribution in [3.63, 3.8) is 0 Å². The van der Waals surface area contributed by atoms with E-state index in [9.17, 15) is 0 Å². The number of hydrogen-bond acceptors (Lipinski definition) is 4. The molecule has 0 amide bonds. The molecule has 4 nitrogen and oxygen atoms in total. The minimum Gasteiger partial charge on any atom is -0.397 e. The summed E-state index contributed by atoms with van der Waals surface area (Å²) in [6, 6.07) is 4.45. The van der Waals surface area contributed by atoms with Crippen molar-refractivity contribution in [2.24, 2.45) is 0 Å². The Bertz CT molecular complexity index is 320. The van der Waals surface area contributed by atoms with E-state index in [2.05, 4.69) is 16.8 Å². The first kappa shape index (κ1) is 11.2. The van der Waals surface area contributed by atoms with E-state index in [0.29, 0.717) is 11.7 Å². The van der Waals surface area contributed by atoms with Crippen LogP contribution in [0.3, 0.4) is 0 Å². The highest BCUT2D eigenvalue weighted by Gasteiger charge is 2.21. The summed E-state index contributed by atoms with van der Waals surface area (Å²) in [7, 11) is 0. The van der Waals surface area contributed by atoms with Crippen molar-refractivity contribution >= 4 is 11.5 Å². The van der Waals surface area contributed by atoms with E-state index in [4.69, 9.17) is 10.5 Å². The molecule has 0 unspecified atom stereocenters. The van der Waals surface area contributed by atoms with Gasteiger partial charge in [-0.15, -0.1) is 0 Å². The second kappa shape index (κ2) is 5.16. The second-order valence-corrected chi connectivity index (χ2v) is 4.08. The minimum absolute atomic E-state index is 0.551. The van der Waals surface area contributed by atoms with Crippen molar-refractivity contribution < 1.29 is 4.74 Å². The number of rotatable bonds is 3. The van der Waals surface area contributed by atoms with Crippen molar-refractivity contribution in [3.8, 4) is 0 Å². The van der Waals surface area contributed by atoms with Crippen molar-refractivity contribution in [2.75, 3.05) is 30.4 Å².